The number of allylic oxidation sites excluding steroid dienone is 2. The molecule has 0 unspecified atom stereocenters. The third kappa shape index (κ3) is 5.74. The minimum atomic E-state index is -3.73. The number of sulfonamides is 1. The number of unbranched alkanes of at least 4 members (excludes halogenated alkanes) is 2. The van der Waals surface area contributed by atoms with Crippen LogP contribution in [0.25, 0.3) is 0 Å². The normalized spacial score (nSPS) is 31.0. The number of carbonyl (C=O) groups excluding carboxylic acids is 3. The maximum atomic E-state index is 13.3. The zero-order chi connectivity index (χ0) is 24.4. The van der Waals surface area contributed by atoms with Crippen LogP contribution in [0.15, 0.2) is 25.3 Å². The van der Waals surface area contributed by atoms with Gasteiger partial charge in [0.2, 0.25) is 21.8 Å². The van der Waals surface area contributed by atoms with Crippen LogP contribution < -0.4 is 4.72 Å². The first-order chi connectivity index (χ1) is 15.6. The molecule has 33 heavy (non-hydrogen) atoms. The van der Waals surface area contributed by atoms with E-state index >= 15 is 0 Å². The van der Waals surface area contributed by atoms with Gasteiger partial charge in [-0.05, 0) is 57.3 Å². The lowest BCUT2D eigenvalue weighted by molar-refractivity contribution is -0.140. The molecule has 3 aliphatic rings. The van der Waals surface area contributed by atoms with Crippen LogP contribution >= 0.6 is 0 Å². The Bertz CT molecular complexity index is 912. The molecule has 0 aromatic rings. The molecule has 0 aromatic carbocycles. The zero-order valence-corrected chi connectivity index (χ0v) is 20.2. The van der Waals surface area contributed by atoms with Crippen molar-refractivity contribution in [2.24, 2.45) is 23.2 Å². The molecule has 0 radical (unpaired) electrons. The van der Waals surface area contributed by atoms with Crippen LogP contribution in [0.5, 0.6) is 0 Å². The number of Topliss-reactive ketones (excluding diaryl/α,β-unsaturated/α-hetero) is 1. The largest absolute Gasteiger partial charge is 0.393 e. The molecule has 3 rings (SSSR count). The summed E-state index contributed by atoms with van der Waals surface area (Å²) in [6.07, 6.45) is 6.93. The van der Waals surface area contributed by atoms with E-state index < -0.39 is 44.5 Å². The summed E-state index contributed by atoms with van der Waals surface area (Å²) in [5.41, 5.74) is -1.14. The second-order valence-corrected chi connectivity index (χ2v) is 11.9. The quantitative estimate of drug-likeness (QED) is 0.307. The molecule has 2 amide bonds. The van der Waals surface area contributed by atoms with Crippen molar-refractivity contribution in [1.82, 2.24) is 9.62 Å². The van der Waals surface area contributed by atoms with Gasteiger partial charge in [0.05, 0.1) is 22.7 Å². The predicted molar refractivity (Wildman–Crippen MR) is 124 cm³/mol. The van der Waals surface area contributed by atoms with Crippen molar-refractivity contribution in [3.63, 3.8) is 0 Å². The van der Waals surface area contributed by atoms with Gasteiger partial charge in [0.25, 0.3) is 0 Å². The number of hydrogen-bond acceptors (Lipinski definition) is 6. The molecule has 0 aromatic heterocycles. The van der Waals surface area contributed by atoms with Crippen LogP contribution in [-0.4, -0.2) is 61.0 Å². The van der Waals surface area contributed by atoms with Gasteiger partial charge in [0.15, 0.2) is 0 Å². The number of nitrogens with zero attached hydrogens (tertiary/aromatic N) is 1. The molecule has 0 aliphatic heterocycles. The number of rotatable bonds is 13. The number of ketones is 1. The highest BCUT2D eigenvalue weighted by Crippen LogP contribution is 2.57. The third-order valence-corrected chi connectivity index (χ3v) is 9.17. The van der Waals surface area contributed by atoms with E-state index in [9.17, 15) is 27.9 Å². The number of hydrogen-bond donors (Lipinski definition) is 2. The summed E-state index contributed by atoms with van der Waals surface area (Å²) < 4.78 is 26.7. The van der Waals surface area contributed by atoms with Gasteiger partial charge >= 0.3 is 0 Å². The Kier molecular flexibility index (Phi) is 7.84. The molecule has 0 spiro atoms. The molecule has 184 valence electrons. The molecule has 0 bridgehead atoms. The van der Waals surface area contributed by atoms with Crippen LogP contribution in [0.1, 0.15) is 57.8 Å². The third-order valence-electron chi connectivity index (χ3n) is 7.35. The fourth-order valence-electron chi connectivity index (χ4n) is 4.99. The molecule has 3 fully saturated rings. The Hall–Kier alpha value is -2.00. The summed E-state index contributed by atoms with van der Waals surface area (Å²) in [6, 6.07) is 0. The second-order valence-electron chi connectivity index (χ2n) is 9.90. The molecule has 8 nitrogen and oxygen atoms in total. The van der Waals surface area contributed by atoms with Crippen LogP contribution in [0.4, 0.5) is 0 Å². The van der Waals surface area contributed by atoms with Gasteiger partial charge < -0.3 is 10.0 Å². The van der Waals surface area contributed by atoms with E-state index in [1.807, 2.05) is 6.08 Å². The lowest BCUT2D eigenvalue weighted by atomic mass is 9.84. The number of nitrogens with one attached hydrogen (secondary N) is 1. The molecular formula is C24H36N2O6S. The molecule has 3 aliphatic carbocycles. The zero-order valence-electron chi connectivity index (χ0n) is 19.4. The fourth-order valence-corrected chi connectivity index (χ4v) is 6.38. The standard InChI is InChI=1S/C24H36N2O6S/c1-4-6-7-8-11-26(3)22(29)20-13-17(27)12-19(20)21(28)15-24(14-16(24)5-2)23(30)25-33(31,32)18-9-10-18/h4-5,16-20,27H,1-2,6-15H2,3H3,(H,25,30)/t16-,17+,19-,20-,24-/m1/s1. The average molecular weight is 481 g/mol. The summed E-state index contributed by atoms with van der Waals surface area (Å²) in [5.74, 6) is -2.70. The van der Waals surface area contributed by atoms with Gasteiger partial charge in [0.1, 0.15) is 5.78 Å². The van der Waals surface area contributed by atoms with Gasteiger partial charge in [0, 0.05) is 25.9 Å². The predicted octanol–water partition coefficient (Wildman–Crippen LogP) is 1.95. The van der Waals surface area contributed by atoms with Crippen molar-refractivity contribution in [1.29, 1.82) is 0 Å². The van der Waals surface area contributed by atoms with Crippen molar-refractivity contribution in [2.75, 3.05) is 13.6 Å². The Labute approximate surface area is 196 Å². The van der Waals surface area contributed by atoms with E-state index in [1.54, 1.807) is 18.0 Å². The highest BCUT2D eigenvalue weighted by atomic mass is 32.2. The Morgan fingerprint density at radius 1 is 1.15 bits per heavy atom. The lowest BCUT2D eigenvalue weighted by Crippen LogP contribution is -2.42. The second kappa shape index (κ2) is 10.1. The smallest absolute Gasteiger partial charge is 0.240 e. The van der Waals surface area contributed by atoms with Crippen molar-refractivity contribution in [3.8, 4) is 0 Å². The number of aliphatic hydroxyl groups is 1. The lowest BCUT2D eigenvalue weighted by Gasteiger charge is -2.25. The first-order valence-corrected chi connectivity index (χ1v) is 13.4. The van der Waals surface area contributed by atoms with E-state index in [-0.39, 0.29) is 36.9 Å². The number of aliphatic hydroxyl groups excluding tert-OH is 1. The van der Waals surface area contributed by atoms with Gasteiger partial charge in [-0.1, -0.05) is 12.2 Å². The van der Waals surface area contributed by atoms with Crippen molar-refractivity contribution < 1.29 is 27.9 Å². The highest BCUT2D eigenvalue weighted by molar-refractivity contribution is 7.90. The molecule has 3 saturated carbocycles. The van der Waals surface area contributed by atoms with E-state index in [0.717, 1.165) is 19.3 Å². The van der Waals surface area contributed by atoms with Crippen molar-refractivity contribution in [3.05, 3.63) is 25.3 Å². The highest BCUT2D eigenvalue weighted by Gasteiger charge is 2.61. The minimum absolute atomic E-state index is 0.153. The summed E-state index contributed by atoms with van der Waals surface area (Å²) in [5, 5.41) is 9.69. The summed E-state index contributed by atoms with van der Waals surface area (Å²) in [7, 11) is -2.02. The van der Waals surface area contributed by atoms with Crippen LogP contribution in [0, 0.1) is 23.2 Å². The van der Waals surface area contributed by atoms with Gasteiger partial charge in [-0.15, -0.1) is 13.2 Å². The monoisotopic (exact) mass is 480 g/mol. The van der Waals surface area contributed by atoms with Gasteiger partial charge in [-0.2, -0.15) is 0 Å². The van der Waals surface area contributed by atoms with Crippen LogP contribution in [0.2, 0.25) is 0 Å². The molecule has 9 heteroatoms. The minimum Gasteiger partial charge on any atom is -0.393 e. The summed E-state index contributed by atoms with van der Waals surface area (Å²) >= 11 is 0. The first-order valence-electron chi connectivity index (χ1n) is 11.8. The van der Waals surface area contributed by atoms with Crippen molar-refractivity contribution in [2.45, 2.75) is 69.1 Å². The Morgan fingerprint density at radius 3 is 2.39 bits per heavy atom. The number of carbonyl (C=O) groups is 3. The molecular weight excluding hydrogens is 444 g/mol. The molecule has 0 saturated heterocycles. The average Bonchev–Trinajstić information content (AvgIpc) is 3.67. The van der Waals surface area contributed by atoms with Gasteiger partial charge in [-0.3, -0.25) is 19.1 Å². The topological polar surface area (TPSA) is 121 Å². The van der Waals surface area contributed by atoms with Gasteiger partial charge in [-0.25, -0.2) is 8.42 Å². The van der Waals surface area contributed by atoms with E-state index in [1.165, 1.54) is 0 Å². The number of amides is 2. The summed E-state index contributed by atoms with van der Waals surface area (Å²) in [6.45, 7) is 7.97. The molecule has 2 N–H and O–H groups in total. The molecule has 5 atom stereocenters. The van der Waals surface area contributed by atoms with Crippen molar-refractivity contribution >= 4 is 27.6 Å². The summed E-state index contributed by atoms with van der Waals surface area (Å²) in [4.78, 5) is 40.9. The van der Waals surface area contributed by atoms with Crippen LogP contribution in [-0.2, 0) is 24.4 Å². The SMILES string of the molecule is C=CCCCCN(C)C(=O)[C@@H]1C[C@@H](O)C[C@H]1C(=O)C[C@]1(C(=O)NS(=O)(=O)C2CC2)C[C@H]1C=C. The maximum absolute atomic E-state index is 13.3. The fraction of sp³-hybridized carbons (Fsp3) is 0.708. The molecule has 0 heterocycles. The van der Waals surface area contributed by atoms with E-state index in [2.05, 4.69) is 17.9 Å². The van der Waals surface area contributed by atoms with E-state index in [4.69, 9.17) is 0 Å². The Morgan fingerprint density at radius 2 is 1.82 bits per heavy atom. The first kappa shape index (κ1) is 25.6. The maximum Gasteiger partial charge on any atom is 0.240 e. The van der Waals surface area contributed by atoms with E-state index in [0.29, 0.717) is 25.8 Å². The van der Waals surface area contributed by atoms with Crippen LogP contribution in [0.3, 0.4) is 0 Å². The Balaban J connectivity index is 1.67.